The largest absolute Gasteiger partial charge is 0.434 e. The molecule has 0 bridgehead atoms. The zero-order valence-corrected chi connectivity index (χ0v) is 14.2. The van der Waals surface area contributed by atoms with Crippen molar-refractivity contribution >= 4 is 28.0 Å². The van der Waals surface area contributed by atoms with Gasteiger partial charge in [0, 0.05) is 50.1 Å². The number of aryl methyl sites for hydroxylation is 1. The molecule has 0 spiro atoms. The molecule has 1 saturated heterocycles. The van der Waals surface area contributed by atoms with Gasteiger partial charge in [-0.05, 0) is 19.1 Å². The highest BCUT2D eigenvalue weighted by atomic mass is 32.1. The van der Waals surface area contributed by atoms with Crippen LogP contribution in [0.15, 0.2) is 24.5 Å². The van der Waals surface area contributed by atoms with E-state index >= 15 is 0 Å². The Hall–Kier alpha value is -2.36. The van der Waals surface area contributed by atoms with E-state index in [1.165, 1.54) is 15.9 Å². The van der Waals surface area contributed by atoms with Gasteiger partial charge in [0.1, 0.15) is 11.5 Å². The second-order valence-corrected chi connectivity index (χ2v) is 6.61. The van der Waals surface area contributed by atoms with Gasteiger partial charge in [-0.25, -0.2) is 9.97 Å². The first-order valence-corrected chi connectivity index (χ1v) is 8.54. The molecule has 0 aliphatic carbocycles. The molecule has 0 N–H and O–H groups in total. The number of alkyl halides is 3. The molecular weight excluding hydrogens is 353 g/mol. The predicted molar refractivity (Wildman–Crippen MR) is 89.3 cm³/mol. The number of rotatable bonds is 2. The molecule has 0 radical (unpaired) electrons. The van der Waals surface area contributed by atoms with Crippen LogP contribution < -0.4 is 9.80 Å². The fourth-order valence-corrected chi connectivity index (χ4v) is 3.60. The van der Waals surface area contributed by atoms with Crippen LogP contribution in [0.25, 0.3) is 5.65 Å². The van der Waals surface area contributed by atoms with Gasteiger partial charge in [0.15, 0.2) is 5.69 Å². The lowest BCUT2D eigenvalue weighted by Gasteiger charge is -2.35. The second-order valence-electron chi connectivity index (χ2n) is 5.87. The first kappa shape index (κ1) is 16.1. The Bertz CT molecular complexity index is 894. The third-order valence-corrected chi connectivity index (χ3v) is 5.03. The van der Waals surface area contributed by atoms with E-state index in [-0.39, 0.29) is 0 Å². The molecule has 1 aliphatic rings. The van der Waals surface area contributed by atoms with Crippen LogP contribution in [0.1, 0.15) is 11.5 Å². The maximum atomic E-state index is 12.8. The van der Waals surface area contributed by atoms with E-state index in [9.17, 15) is 13.2 Å². The van der Waals surface area contributed by atoms with Crippen molar-refractivity contribution in [1.82, 2.24) is 18.7 Å². The van der Waals surface area contributed by atoms with Gasteiger partial charge in [0.2, 0.25) is 5.13 Å². The van der Waals surface area contributed by atoms with Crippen LogP contribution >= 0.6 is 11.5 Å². The Balaban J connectivity index is 1.51. The van der Waals surface area contributed by atoms with Crippen molar-refractivity contribution in [2.75, 3.05) is 36.0 Å². The Kier molecular flexibility index (Phi) is 3.78. The number of piperazine rings is 1. The summed E-state index contributed by atoms with van der Waals surface area (Å²) in [4.78, 5) is 12.3. The summed E-state index contributed by atoms with van der Waals surface area (Å²) in [5, 5.41) is 0.914. The lowest BCUT2D eigenvalue weighted by Crippen LogP contribution is -2.46. The first-order chi connectivity index (χ1) is 11.9. The van der Waals surface area contributed by atoms with Gasteiger partial charge in [0.05, 0.1) is 5.69 Å². The number of fused-ring (bicyclic) bond motifs is 1. The maximum absolute atomic E-state index is 12.8. The second kappa shape index (κ2) is 5.87. The van der Waals surface area contributed by atoms with Gasteiger partial charge < -0.3 is 14.2 Å². The molecule has 0 aromatic carbocycles. The highest BCUT2D eigenvalue weighted by Gasteiger charge is 2.34. The van der Waals surface area contributed by atoms with E-state index in [2.05, 4.69) is 24.1 Å². The normalized spacial score (nSPS) is 16.0. The summed E-state index contributed by atoms with van der Waals surface area (Å²) < 4.78 is 44.0. The number of imidazole rings is 1. The van der Waals surface area contributed by atoms with Gasteiger partial charge in [-0.2, -0.15) is 17.5 Å². The van der Waals surface area contributed by atoms with Crippen LogP contribution in [-0.4, -0.2) is 44.9 Å². The summed E-state index contributed by atoms with van der Waals surface area (Å²) in [7, 11) is 0. The third-order valence-electron chi connectivity index (χ3n) is 4.16. The summed E-state index contributed by atoms with van der Waals surface area (Å²) in [6.07, 6.45) is -1.71. The van der Waals surface area contributed by atoms with E-state index in [1.54, 1.807) is 12.3 Å². The first-order valence-electron chi connectivity index (χ1n) is 7.76. The van der Waals surface area contributed by atoms with Gasteiger partial charge >= 0.3 is 6.18 Å². The molecule has 10 heteroatoms. The summed E-state index contributed by atoms with van der Waals surface area (Å²) >= 11 is 1.39. The van der Waals surface area contributed by atoms with Crippen molar-refractivity contribution in [2.24, 2.45) is 0 Å². The van der Waals surface area contributed by atoms with Crippen LogP contribution in [0.5, 0.6) is 0 Å². The molecule has 132 valence electrons. The SMILES string of the molecule is Cc1nsc(N2CCN(c3ccc4nc(C(F)(F)F)cn4c3)CC2)n1. The fourth-order valence-electron chi connectivity index (χ4n) is 2.87. The van der Waals surface area contributed by atoms with Crippen molar-refractivity contribution in [2.45, 2.75) is 13.1 Å². The van der Waals surface area contributed by atoms with E-state index in [1.807, 2.05) is 13.0 Å². The standard InChI is InChI=1S/C15H15F3N6S/c1-10-19-14(25-21-10)23-6-4-22(5-7-23)11-2-3-13-20-12(15(16,17)18)9-24(13)8-11/h2-3,8-9H,4-7H2,1H3. The van der Waals surface area contributed by atoms with Crippen LogP contribution in [-0.2, 0) is 6.18 Å². The van der Waals surface area contributed by atoms with Crippen molar-refractivity contribution in [3.8, 4) is 0 Å². The van der Waals surface area contributed by atoms with E-state index in [4.69, 9.17) is 0 Å². The summed E-state index contributed by atoms with van der Waals surface area (Å²) in [5.41, 5.74) is 0.298. The van der Waals surface area contributed by atoms with Gasteiger partial charge in [-0.1, -0.05) is 0 Å². The van der Waals surface area contributed by atoms with Crippen LogP contribution in [0.4, 0.5) is 24.0 Å². The lowest BCUT2D eigenvalue weighted by atomic mass is 10.3. The lowest BCUT2D eigenvalue weighted by molar-refractivity contribution is -0.140. The zero-order valence-electron chi connectivity index (χ0n) is 13.4. The van der Waals surface area contributed by atoms with E-state index < -0.39 is 11.9 Å². The topological polar surface area (TPSA) is 49.6 Å². The van der Waals surface area contributed by atoms with Crippen molar-refractivity contribution in [1.29, 1.82) is 0 Å². The molecule has 0 atom stereocenters. The molecule has 6 nitrogen and oxygen atoms in total. The number of nitrogens with zero attached hydrogens (tertiary/aromatic N) is 6. The molecule has 4 rings (SSSR count). The van der Waals surface area contributed by atoms with E-state index in [0.29, 0.717) is 5.65 Å². The number of anilines is 2. The van der Waals surface area contributed by atoms with Crippen molar-refractivity contribution < 1.29 is 13.2 Å². The quantitative estimate of drug-likeness (QED) is 0.696. The minimum Gasteiger partial charge on any atom is -0.367 e. The molecule has 3 aromatic heterocycles. The minimum absolute atomic E-state index is 0.291. The number of pyridine rings is 1. The van der Waals surface area contributed by atoms with E-state index in [0.717, 1.165) is 49.0 Å². The average molecular weight is 368 g/mol. The molecule has 3 aromatic rings. The number of hydrogen-bond acceptors (Lipinski definition) is 6. The Morgan fingerprint density at radius 1 is 1.00 bits per heavy atom. The molecule has 1 fully saturated rings. The molecule has 0 saturated carbocycles. The monoisotopic (exact) mass is 368 g/mol. The highest BCUT2D eigenvalue weighted by Crippen LogP contribution is 2.29. The van der Waals surface area contributed by atoms with Gasteiger partial charge in [0.25, 0.3) is 0 Å². The molecule has 1 aliphatic heterocycles. The molecule has 0 amide bonds. The van der Waals surface area contributed by atoms with Crippen LogP contribution in [0, 0.1) is 6.92 Å². The fraction of sp³-hybridized carbons (Fsp3) is 0.400. The number of hydrogen-bond donors (Lipinski definition) is 0. The number of aromatic nitrogens is 4. The minimum atomic E-state index is -4.43. The van der Waals surface area contributed by atoms with Gasteiger partial charge in [-0.15, -0.1) is 0 Å². The zero-order chi connectivity index (χ0) is 17.6. The maximum Gasteiger partial charge on any atom is 0.434 e. The third kappa shape index (κ3) is 3.13. The summed E-state index contributed by atoms with van der Waals surface area (Å²) in [6, 6.07) is 3.43. The Morgan fingerprint density at radius 3 is 2.36 bits per heavy atom. The molecule has 25 heavy (non-hydrogen) atoms. The molecule has 4 heterocycles. The Labute approximate surface area is 145 Å². The predicted octanol–water partition coefficient (Wildman–Crippen LogP) is 2.84. The summed E-state index contributed by atoms with van der Waals surface area (Å²) in [6.45, 7) is 5.00. The van der Waals surface area contributed by atoms with Crippen LogP contribution in [0.2, 0.25) is 0 Å². The van der Waals surface area contributed by atoms with Gasteiger partial charge in [-0.3, -0.25) is 0 Å². The molecule has 0 unspecified atom stereocenters. The summed E-state index contributed by atoms with van der Waals surface area (Å²) in [5.74, 6) is 0.772. The number of halogens is 3. The van der Waals surface area contributed by atoms with Crippen molar-refractivity contribution in [3.05, 3.63) is 36.0 Å². The molecular formula is C15H15F3N6S. The smallest absolute Gasteiger partial charge is 0.367 e. The average Bonchev–Trinajstić information content (AvgIpc) is 3.20. The highest BCUT2D eigenvalue weighted by molar-refractivity contribution is 7.09. The van der Waals surface area contributed by atoms with Crippen molar-refractivity contribution in [3.63, 3.8) is 0 Å². The Morgan fingerprint density at radius 2 is 1.72 bits per heavy atom. The van der Waals surface area contributed by atoms with Crippen LogP contribution in [0.3, 0.4) is 0 Å².